The van der Waals surface area contributed by atoms with E-state index in [1.807, 2.05) is 5.94 Å². The molecule has 0 rings (SSSR count). The van der Waals surface area contributed by atoms with Gasteiger partial charge >= 0.3 is 0 Å². The molecule has 0 heterocycles. The number of hydrogen-bond donors (Lipinski definition) is 0. The van der Waals surface area contributed by atoms with Gasteiger partial charge in [0.2, 0.25) is 0 Å². The number of rotatable bonds is 0. The Morgan fingerprint density at radius 3 is 1.80 bits per heavy atom. The molecular weight excluding hydrogens is 96.2 g/mol. The molecule has 0 radical (unpaired) electrons. The van der Waals surface area contributed by atoms with Crippen LogP contribution in [0.4, 0.5) is 0 Å². The van der Waals surface area contributed by atoms with E-state index in [0.29, 0.717) is 0 Å². The largest absolute Gasteiger partial charge is 0.234 e. The van der Waals surface area contributed by atoms with E-state index in [1.54, 1.807) is 0 Å². The quantitative estimate of drug-likeness (QED) is 0.242. The summed E-state index contributed by atoms with van der Waals surface area (Å²) in [4.78, 5) is 10.4. The highest BCUT2D eigenvalue weighted by atomic mass is 28.2. The topological polar surface area (TPSA) is 17.1 Å². The van der Waals surface area contributed by atoms with Gasteiger partial charge in [0.25, 0.3) is 0 Å². The van der Waals surface area contributed by atoms with Crippen molar-refractivity contribution in [3.63, 3.8) is 0 Å². The summed E-state index contributed by atoms with van der Waals surface area (Å²) < 4.78 is 0. The third-order valence-electron chi connectivity index (χ3n) is 0.204. The SMILES string of the molecule is O=C=C([SiH3])[SiH3]. The first kappa shape index (κ1) is 4.88. The van der Waals surface area contributed by atoms with Crippen molar-refractivity contribution in [2.24, 2.45) is 0 Å². The first-order chi connectivity index (χ1) is 2.27. The van der Waals surface area contributed by atoms with Gasteiger partial charge in [0.05, 0.1) is 0 Å². The van der Waals surface area contributed by atoms with Crippen LogP contribution >= 0.6 is 0 Å². The fourth-order valence-electron chi connectivity index (χ4n) is 0. The van der Waals surface area contributed by atoms with Gasteiger partial charge in [-0.05, 0) is 4.82 Å². The molecule has 0 aromatic rings. The van der Waals surface area contributed by atoms with Gasteiger partial charge in [0.1, 0.15) is 5.94 Å². The zero-order valence-electron chi connectivity index (χ0n) is 3.41. The van der Waals surface area contributed by atoms with E-state index in [2.05, 4.69) is 0 Å². The van der Waals surface area contributed by atoms with E-state index >= 15 is 0 Å². The van der Waals surface area contributed by atoms with Crippen LogP contribution in [0.5, 0.6) is 0 Å². The molecule has 0 saturated heterocycles. The van der Waals surface area contributed by atoms with Crippen molar-refractivity contribution in [1.29, 1.82) is 0 Å². The van der Waals surface area contributed by atoms with Crippen molar-refractivity contribution in [2.75, 3.05) is 0 Å². The van der Waals surface area contributed by atoms with Gasteiger partial charge in [-0.2, -0.15) is 0 Å². The van der Waals surface area contributed by atoms with Gasteiger partial charge < -0.3 is 0 Å². The van der Waals surface area contributed by atoms with E-state index in [4.69, 9.17) is 0 Å². The predicted octanol–water partition coefficient (Wildman–Crippen LogP) is -2.61. The molecule has 0 aromatic heterocycles. The molecule has 5 heavy (non-hydrogen) atoms. The highest BCUT2D eigenvalue weighted by molar-refractivity contribution is 6.51. The summed E-state index contributed by atoms with van der Waals surface area (Å²) in [5.41, 5.74) is 0. The minimum atomic E-state index is 0.924. The van der Waals surface area contributed by atoms with Crippen LogP contribution in [0.15, 0.2) is 4.82 Å². The Bertz CT molecular complexity index is 67.7. The van der Waals surface area contributed by atoms with Gasteiger partial charge in [0.15, 0.2) is 0 Å². The lowest BCUT2D eigenvalue weighted by molar-refractivity contribution is 0.569. The molecule has 0 saturated carbocycles. The minimum Gasteiger partial charge on any atom is -0.234 e. The Labute approximate surface area is 36.9 Å². The Hall–Kier alpha value is -0.116. The molecule has 0 aromatic carbocycles. The Morgan fingerprint density at radius 2 is 1.80 bits per heavy atom. The molecule has 28 valence electrons. The summed E-state index contributed by atoms with van der Waals surface area (Å²) in [6, 6.07) is 0. The second kappa shape index (κ2) is 2.14. The third kappa shape index (κ3) is 3.88. The second-order valence-corrected chi connectivity index (χ2v) is 6.10. The van der Waals surface area contributed by atoms with Crippen LogP contribution in [-0.4, -0.2) is 26.4 Å². The molecule has 0 spiro atoms. The summed E-state index contributed by atoms with van der Waals surface area (Å²) in [7, 11) is 1.85. The second-order valence-electron chi connectivity index (χ2n) is 1.10. The van der Waals surface area contributed by atoms with Crippen LogP contribution in [0, 0.1) is 0 Å². The van der Waals surface area contributed by atoms with Crippen LogP contribution in [0.2, 0.25) is 0 Å². The zero-order valence-corrected chi connectivity index (χ0v) is 7.41. The molecular formula is C2H6OSi2. The minimum absolute atomic E-state index is 0.924. The third-order valence-corrected chi connectivity index (χ3v) is 0.612. The maximum absolute atomic E-state index is 9.41. The summed E-state index contributed by atoms with van der Waals surface area (Å²) in [5.74, 6) is 1.82. The predicted molar refractivity (Wildman–Crippen MR) is 29.1 cm³/mol. The smallest absolute Gasteiger partial charge is 0.112 e. The number of carbonyl (C=O) groups excluding carboxylic acids is 1. The van der Waals surface area contributed by atoms with Gasteiger partial charge in [-0.25, -0.2) is 4.79 Å². The zero-order chi connectivity index (χ0) is 4.28. The Balaban J connectivity index is 3.60. The molecule has 0 unspecified atom stereocenters. The summed E-state index contributed by atoms with van der Waals surface area (Å²) in [6.45, 7) is 0. The normalized spacial score (nSPS) is 7.20. The lowest BCUT2D eigenvalue weighted by Crippen LogP contribution is -1.74. The standard InChI is InChI=1S/C2H6OSi2/c3-1-2(4)5/h4-5H3. The first-order valence-electron chi connectivity index (χ1n) is 1.45. The Morgan fingerprint density at radius 1 is 1.60 bits per heavy atom. The van der Waals surface area contributed by atoms with Gasteiger partial charge in [-0.3, -0.25) is 0 Å². The van der Waals surface area contributed by atoms with E-state index in [-0.39, 0.29) is 0 Å². The van der Waals surface area contributed by atoms with Crippen molar-refractivity contribution in [3.8, 4) is 0 Å². The van der Waals surface area contributed by atoms with E-state index in [9.17, 15) is 4.79 Å². The van der Waals surface area contributed by atoms with E-state index < -0.39 is 0 Å². The molecule has 0 atom stereocenters. The summed E-state index contributed by atoms with van der Waals surface area (Å²) in [5, 5.41) is 0. The van der Waals surface area contributed by atoms with Crippen LogP contribution in [0.25, 0.3) is 0 Å². The van der Waals surface area contributed by atoms with Crippen LogP contribution in [-0.2, 0) is 4.79 Å². The Kier molecular flexibility index (Phi) is 2.09. The van der Waals surface area contributed by atoms with Crippen molar-refractivity contribution in [3.05, 3.63) is 4.82 Å². The van der Waals surface area contributed by atoms with E-state index in [0.717, 1.165) is 25.3 Å². The average molecular weight is 102 g/mol. The van der Waals surface area contributed by atoms with E-state index in [1.165, 1.54) is 0 Å². The lowest BCUT2D eigenvalue weighted by Gasteiger charge is -1.61. The molecule has 3 heteroatoms. The highest BCUT2D eigenvalue weighted by Gasteiger charge is 1.63. The molecule has 1 nitrogen and oxygen atoms in total. The molecule has 0 amide bonds. The van der Waals surface area contributed by atoms with Crippen LogP contribution < -0.4 is 0 Å². The van der Waals surface area contributed by atoms with Gasteiger partial charge in [-0.15, -0.1) is 0 Å². The average Bonchev–Trinajstić information content (AvgIpc) is 1.38. The number of hydrogen-bond acceptors (Lipinski definition) is 1. The highest BCUT2D eigenvalue weighted by Crippen LogP contribution is 1.53. The van der Waals surface area contributed by atoms with Crippen molar-refractivity contribution in [2.45, 2.75) is 0 Å². The molecule has 0 aliphatic rings. The fraction of sp³-hybridized carbons (Fsp3) is 0. The monoisotopic (exact) mass is 102 g/mol. The first-order valence-corrected chi connectivity index (χ1v) is 3.45. The fourth-order valence-corrected chi connectivity index (χ4v) is 0. The van der Waals surface area contributed by atoms with Gasteiger partial charge in [-0.1, -0.05) is 0 Å². The molecule has 0 N–H and O–H groups in total. The van der Waals surface area contributed by atoms with Gasteiger partial charge in [0, 0.05) is 20.5 Å². The summed E-state index contributed by atoms with van der Waals surface area (Å²) >= 11 is 0. The summed E-state index contributed by atoms with van der Waals surface area (Å²) in [6.07, 6.45) is 0. The lowest BCUT2D eigenvalue weighted by atomic mass is 11.2. The molecule has 0 bridgehead atoms. The maximum atomic E-state index is 9.41. The molecule has 0 fully saturated rings. The van der Waals surface area contributed by atoms with Crippen molar-refractivity contribution in [1.82, 2.24) is 0 Å². The van der Waals surface area contributed by atoms with Crippen molar-refractivity contribution < 1.29 is 4.79 Å². The van der Waals surface area contributed by atoms with Crippen LogP contribution in [0.1, 0.15) is 0 Å². The van der Waals surface area contributed by atoms with Crippen molar-refractivity contribution >= 4 is 26.4 Å². The molecule has 0 aliphatic carbocycles. The maximum Gasteiger partial charge on any atom is 0.112 e. The molecule has 0 aliphatic heterocycles. The van der Waals surface area contributed by atoms with Crippen LogP contribution in [0.3, 0.4) is 0 Å².